The van der Waals surface area contributed by atoms with Crippen molar-refractivity contribution in [3.05, 3.63) is 102 Å². The molecule has 1 heterocycles. The highest BCUT2D eigenvalue weighted by Gasteiger charge is 2.33. The molecular formula is C42H52N10O11. The molecule has 6 unspecified atom stereocenters. The molecule has 4 aromatic rings. The molecule has 21 heteroatoms. The molecule has 1 aromatic heterocycles. The van der Waals surface area contributed by atoms with Crippen molar-refractivity contribution in [2.75, 3.05) is 26.3 Å². The van der Waals surface area contributed by atoms with Crippen molar-refractivity contribution in [2.24, 2.45) is 11.5 Å². The van der Waals surface area contributed by atoms with Gasteiger partial charge in [0.25, 0.3) is 0 Å². The molecule has 63 heavy (non-hydrogen) atoms. The van der Waals surface area contributed by atoms with Crippen molar-refractivity contribution >= 4 is 58.2 Å². The number of amides is 8. The molecule has 0 bridgehead atoms. The van der Waals surface area contributed by atoms with E-state index in [0.717, 1.165) is 10.9 Å². The number of primary amides is 1. The molecule has 0 aliphatic rings. The lowest BCUT2D eigenvalue weighted by atomic mass is 10.0. The largest absolute Gasteiger partial charge is 0.508 e. The SMILES string of the molecule is CC(NC(=O)CN)C(=O)NC(CO)C(=O)NC(Cc1ccccc1)C(=O)NC(Cc1ccc(O)cc1)C(=O)NC(CO)C(=O)NC(Cc1c[nH]c2ccccc12)C(=O)NCC(N)=O. The van der Waals surface area contributed by atoms with Gasteiger partial charge in [0, 0.05) is 36.4 Å². The number of phenolic OH excluding ortho intramolecular Hbond substituents is 1. The number of rotatable bonds is 23. The summed E-state index contributed by atoms with van der Waals surface area (Å²) in [6, 6.07) is 12.6. The van der Waals surface area contributed by atoms with Crippen LogP contribution in [0, 0.1) is 0 Å². The average molecular weight is 873 g/mol. The standard InChI is InChI=1S/C42H52N10O11/c1-23(47-36(57)18-43)37(58)51-33(21-53)41(62)49-30(15-24-7-3-2-4-8-24)39(60)48-31(16-25-11-13-27(55)14-12-25)40(61)52-34(22-54)42(63)50-32(38(59)46-20-35(44)56)17-26-19-45-29-10-6-5-9-28(26)29/h2-14,19,23,30-34,45,53-55H,15-18,20-22,43H2,1H3,(H2,44,56)(H,46,59)(H,47,57)(H,48,60)(H,49,62)(H,50,63)(H,51,58)(H,52,61). The zero-order valence-corrected chi connectivity index (χ0v) is 34.3. The van der Waals surface area contributed by atoms with Crippen LogP contribution in [0.4, 0.5) is 0 Å². The van der Waals surface area contributed by atoms with Crippen LogP contribution in [0.3, 0.4) is 0 Å². The van der Waals surface area contributed by atoms with Gasteiger partial charge in [-0.1, -0.05) is 60.7 Å². The minimum atomic E-state index is -1.68. The van der Waals surface area contributed by atoms with Crippen LogP contribution in [0.15, 0.2) is 85.1 Å². The molecule has 4 rings (SSSR count). The number of aliphatic hydroxyl groups excluding tert-OH is 2. The number of hydrogen-bond donors (Lipinski definition) is 13. The van der Waals surface area contributed by atoms with E-state index < -0.39 is 110 Å². The minimum absolute atomic E-state index is 0.0782. The smallest absolute Gasteiger partial charge is 0.245 e. The molecule has 8 amide bonds. The van der Waals surface area contributed by atoms with Crippen molar-refractivity contribution in [3.63, 3.8) is 0 Å². The van der Waals surface area contributed by atoms with Crippen LogP contribution in [-0.2, 0) is 57.6 Å². The Bertz CT molecular complexity index is 2240. The van der Waals surface area contributed by atoms with E-state index in [1.54, 1.807) is 54.7 Å². The summed E-state index contributed by atoms with van der Waals surface area (Å²) in [6.45, 7) is -1.47. The first kappa shape index (κ1) is 48.3. The molecule has 0 saturated heterocycles. The molecular weight excluding hydrogens is 821 g/mol. The van der Waals surface area contributed by atoms with E-state index in [9.17, 15) is 53.7 Å². The van der Waals surface area contributed by atoms with Gasteiger partial charge in [-0.2, -0.15) is 0 Å². The van der Waals surface area contributed by atoms with Crippen molar-refractivity contribution in [2.45, 2.75) is 62.4 Å². The molecule has 0 aliphatic carbocycles. The van der Waals surface area contributed by atoms with Crippen molar-refractivity contribution in [1.29, 1.82) is 0 Å². The maximum atomic E-state index is 14.1. The first-order chi connectivity index (χ1) is 30.1. The molecule has 0 aliphatic heterocycles. The van der Waals surface area contributed by atoms with Gasteiger partial charge in [-0.25, -0.2) is 0 Å². The van der Waals surface area contributed by atoms with E-state index in [1.165, 1.54) is 31.2 Å². The van der Waals surface area contributed by atoms with Crippen LogP contribution in [0.1, 0.15) is 23.6 Å². The molecule has 0 spiro atoms. The maximum Gasteiger partial charge on any atom is 0.245 e. The lowest BCUT2D eigenvalue weighted by molar-refractivity contribution is -0.136. The van der Waals surface area contributed by atoms with Gasteiger partial charge in [0.1, 0.15) is 42.0 Å². The number of fused-ring (bicyclic) bond motifs is 1. The topological polar surface area (TPSA) is 349 Å². The first-order valence-corrected chi connectivity index (χ1v) is 19.8. The Morgan fingerprint density at radius 2 is 1.06 bits per heavy atom. The normalized spacial score (nSPS) is 13.8. The van der Waals surface area contributed by atoms with Crippen LogP contribution >= 0.6 is 0 Å². The predicted octanol–water partition coefficient (Wildman–Crippen LogP) is -3.63. The number of H-pyrrole nitrogens is 1. The minimum Gasteiger partial charge on any atom is -0.508 e. The van der Waals surface area contributed by atoms with Gasteiger partial charge in [0.2, 0.25) is 47.3 Å². The summed E-state index contributed by atoms with van der Waals surface area (Å²) in [4.78, 5) is 108. The fourth-order valence-corrected chi connectivity index (χ4v) is 6.30. The fraction of sp³-hybridized carbons (Fsp3) is 0.333. The average Bonchev–Trinajstić information content (AvgIpc) is 3.68. The summed E-state index contributed by atoms with van der Waals surface area (Å²) in [5, 5.41) is 48.0. The van der Waals surface area contributed by atoms with Crippen molar-refractivity contribution < 1.29 is 53.7 Å². The van der Waals surface area contributed by atoms with Crippen molar-refractivity contribution in [1.82, 2.24) is 42.2 Å². The second-order valence-electron chi connectivity index (χ2n) is 14.5. The Kier molecular flexibility index (Phi) is 18.1. The summed E-state index contributed by atoms with van der Waals surface area (Å²) in [7, 11) is 0. The lowest BCUT2D eigenvalue weighted by Crippen LogP contribution is -2.61. The second kappa shape index (κ2) is 23.6. The summed E-state index contributed by atoms with van der Waals surface area (Å²) in [5.74, 6) is -7.06. The second-order valence-corrected chi connectivity index (χ2v) is 14.5. The molecule has 21 nitrogen and oxygen atoms in total. The van der Waals surface area contributed by atoms with E-state index in [2.05, 4.69) is 42.2 Å². The molecule has 15 N–H and O–H groups in total. The third kappa shape index (κ3) is 14.7. The van der Waals surface area contributed by atoms with E-state index in [1.807, 2.05) is 6.07 Å². The van der Waals surface area contributed by atoms with Gasteiger partial charge >= 0.3 is 0 Å². The molecule has 336 valence electrons. The van der Waals surface area contributed by atoms with E-state index >= 15 is 0 Å². The predicted molar refractivity (Wildman–Crippen MR) is 227 cm³/mol. The number of aliphatic hydroxyl groups is 2. The Balaban J connectivity index is 1.57. The van der Waals surface area contributed by atoms with Gasteiger partial charge in [-0.15, -0.1) is 0 Å². The summed E-state index contributed by atoms with van der Waals surface area (Å²) >= 11 is 0. The maximum absolute atomic E-state index is 14.1. The Morgan fingerprint density at radius 3 is 1.60 bits per heavy atom. The Hall–Kier alpha value is -7.36. The van der Waals surface area contributed by atoms with Gasteiger partial charge < -0.3 is 69.0 Å². The molecule has 0 fully saturated rings. The third-order valence-corrected chi connectivity index (χ3v) is 9.68. The highest BCUT2D eigenvalue weighted by Crippen LogP contribution is 2.19. The highest BCUT2D eigenvalue weighted by molar-refractivity contribution is 5.98. The van der Waals surface area contributed by atoms with Crippen LogP contribution in [0.5, 0.6) is 5.75 Å². The van der Waals surface area contributed by atoms with E-state index in [0.29, 0.717) is 16.7 Å². The number of nitrogens with two attached hydrogens (primary N) is 2. The third-order valence-electron chi connectivity index (χ3n) is 9.68. The van der Waals surface area contributed by atoms with Gasteiger partial charge in [-0.3, -0.25) is 38.4 Å². The van der Waals surface area contributed by atoms with Crippen LogP contribution in [0.2, 0.25) is 0 Å². The zero-order valence-electron chi connectivity index (χ0n) is 34.3. The van der Waals surface area contributed by atoms with Gasteiger partial charge in [0.05, 0.1) is 26.3 Å². The highest BCUT2D eigenvalue weighted by atomic mass is 16.3. The number of benzene rings is 3. The Labute approximate surface area is 361 Å². The lowest BCUT2D eigenvalue weighted by Gasteiger charge is -2.27. The van der Waals surface area contributed by atoms with Crippen LogP contribution in [0.25, 0.3) is 10.9 Å². The number of aromatic nitrogens is 1. The van der Waals surface area contributed by atoms with Crippen LogP contribution in [-0.4, -0.2) is 130 Å². The molecule has 0 saturated carbocycles. The number of para-hydroxylation sites is 1. The van der Waals surface area contributed by atoms with E-state index in [4.69, 9.17) is 11.5 Å². The summed E-state index contributed by atoms with van der Waals surface area (Å²) < 4.78 is 0. The summed E-state index contributed by atoms with van der Waals surface area (Å²) in [6.07, 6.45) is 1.19. The number of nitrogens with one attached hydrogen (secondary N) is 8. The molecule has 6 atom stereocenters. The first-order valence-electron chi connectivity index (χ1n) is 19.8. The number of carbonyl (C=O) groups excluding carboxylic acids is 8. The van der Waals surface area contributed by atoms with Gasteiger partial charge in [-0.05, 0) is 41.8 Å². The number of carbonyl (C=O) groups is 8. The number of aromatic amines is 1. The summed E-state index contributed by atoms with van der Waals surface area (Å²) in [5.41, 5.74) is 12.9. The monoisotopic (exact) mass is 872 g/mol. The number of phenols is 1. The molecule has 3 aromatic carbocycles. The quantitative estimate of drug-likeness (QED) is 0.0344. The van der Waals surface area contributed by atoms with Gasteiger partial charge in [0.15, 0.2) is 0 Å². The molecule has 0 radical (unpaired) electrons. The van der Waals surface area contributed by atoms with E-state index in [-0.39, 0.29) is 25.0 Å². The fourth-order valence-electron chi connectivity index (χ4n) is 6.30. The zero-order chi connectivity index (χ0) is 46.1. The van der Waals surface area contributed by atoms with Crippen molar-refractivity contribution in [3.8, 4) is 5.75 Å². The van der Waals surface area contributed by atoms with Crippen LogP contribution < -0.4 is 48.7 Å². The Morgan fingerprint density at radius 1 is 0.587 bits per heavy atom. The number of aromatic hydroxyl groups is 1. The number of hydrogen-bond acceptors (Lipinski definition) is 12.